The molecular formula is C14H30N2O2S. The Bertz CT molecular complexity index is 333. The van der Waals surface area contributed by atoms with Crippen LogP contribution < -0.4 is 10.0 Å². The van der Waals surface area contributed by atoms with Crippen molar-refractivity contribution in [3.8, 4) is 0 Å². The summed E-state index contributed by atoms with van der Waals surface area (Å²) in [7, 11) is -3.12. The molecule has 0 spiro atoms. The maximum absolute atomic E-state index is 12.1. The van der Waals surface area contributed by atoms with Crippen molar-refractivity contribution < 1.29 is 8.42 Å². The summed E-state index contributed by atoms with van der Waals surface area (Å²) in [6.07, 6.45) is 5.06. The molecule has 114 valence electrons. The van der Waals surface area contributed by atoms with Gasteiger partial charge in [-0.2, -0.15) is 0 Å². The van der Waals surface area contributed by atoms with Crippen molar-refractivity contribution in [3.63, 3.8) is 0 Å². The third kappa shape index (κ3) is 6.23. The van der Waals surface area contributed by atoms with Crippen LogP contribution in [0.5, 0.6) is 0 Å². The lowest BCUT2D eigenvalue weighted by atomic mass is 9.96. The molecule has 0 amide bonds. The number of piperidine rings is 1. The van der Waals surface area contributed by atoms with Gasteiger partial charge in [0.15, 0.2) is 0 Å². The average Bonchev–Trinajstić information content (AvgIpc) is 2.38. The maximum atomic E-state index is 12.1. The average molecular weight is 290 g/mol. The summed E-state index contributed by atoms with van der Waals surface area (Å²) in [5, 5.41) is 3.31. The minimum absolute atomic E-state index is 0.0491. The van der Waals surface area contributed by atoms with E-state index in [2.05, 4.69) is 23.9 Å². The van der Waals surface area contributed by atoms with Crippen molar-refractivity contribution >= 4 is 10.0 Å². The number of nitrogens with one attached hydrogen (secondary N) is 2. The highest BCUT2D eigenvalue weighted by Crippen LogP contribution is 2.18. The van der Waals surface area contributed by atoms with Crippen LogP contribution in [0.2, 0.25) is 0 Å². The summed E-state index contributed by atoms with van der Waals surface area (Å²) in [6, 6.07) is 0.0491. The van der Waals surface area contributed by atoms with Crippen molar-refractivity contribution in [1.82, 2.24) is 10.0 Å². The molecule has 19 heavy (non-hydrogen) atoms. The molecule has 1 aliphatic heterocycles. The fraction of sp³-hybridized carbons (Fsp3) is 1.00. The fourth-order valence-corrected chi connectivity index (χ4v) is 4.45. The van der Waals surface area contributed by atoms with Gasteiger partial charge in [0.1, 0.15) is 0 Å². The van der Waals surface area contributed by atoms with Crippen LogP contribution >= 0.6 is 0 Å². The zero-order chi connectivity index (χ0) is 14.3. The molecule has 1 heterocycles. The van der Waals surface area contributed by atoms with Crippen molar-refractivity contribution in [2.24, 2.45) is 11.8 Å². The van der Waals surface area contributed by atoms with E-state index in [1.54, 1.807) is 0 Å². The van der Waals surface area contributed by atoms with Crippen LogP contribution in [0.15, 0.2) is 0 Å². The summed E-state index contributed by atoms with van der Waals surface area (Å²) in [4.78, 5) is 0. The maximum Gasteiger partial charge on any atom is 0.211 e. The molecule has 4 nitrogen and oxygen atoms in total. The molecule has 0 aromatic rings. The second kappa shape index (κ2) is 8.22. The molecule has 1 aliphatic rings. The van der Waals surface area contributed by atoms with Crippen LogP contribution in [0.3, 0.4) is 0 Å². The van der Waals surface area contributed by atoms with Crippen LogP contribution in [-0.2, 0) is 10.0 Å². The highest BCUT2D eigenvalue weighted by molar-refractivity contribution is 7.89. The molecule has 0 aromatic carbocycles. The number of hydrogen-bond donors (Lipinski definition) is 2. The molecule has 1 saturated heterocycles. The van der Waals surface area contributed by atoms with Gasteiger partial charge in [-0.25, -0.2) is 13.1 Å². The van der Waals surface area contributed by atoms with Crippen molar-refractivity contribution in [3.05, 3.63) is 0 Å². The second-order valence-corrected chi connectivity index (χ2v) is 7.66. The molecule has 0 aromatic heterocycles. The standard InChI is InChI=1S/C14H30N2O2S/c1-4-14(5-2)12(3)16-19(17,18)11-8-13-6-9-15-10-7-13/h12-16H,4-11H2,1-3H3. The third-order valence-corrected chi connectivity index (χ3v) is 5.88. The summed E-state index contributed by atoms with van der Waals surface area (Å²) in [6.45, 7) is 8.28. The summed E-state index contributed by atoms with van der Waals surface area (Å²) < 4.78 is 27.0. The Balaban J connectivity index is 2.38. The molecule has 5 heteroatoms. The molecule has 0 aliphatic carbocycles. The van der Waals surface area contributed by atoms with E-state index in [1.165, 1.54) is 0 Å². The summed E-state index contributed by atoms with van der Waals surface area (Å²) in [5.41, 5.74) is 0. The molecule has 0 saturated carbocycles. The van der Waals surface area contributed by atoms with Gasteiger partial charge in [-0.05, 0) is 51.1 Å². The summed E-state index contributed by atoms with van der Waals surface area (Å²) in [5.74, 6) is 1.29. The van der Waals surface area contributed by atoms with Crippen LogP contribution in [0.1, 0.15) is 52.9 Å². The second-order valence-electron chi connectivity index (χ2n) is 5.78. The van der Waals surface area contributed by atoms with Gasteiger partial charge in [-0.15, -0.1) is 0 Å². The monoisotopic (exact) mass is 290 g/mol. The van der Waals surface area contributed by atoms with E-state index in [4.69, 9.17) is 0 Å². The topological polar surface area (TPSA) is 58.2 Å². The van der Waals surface area contributed by atoms with Crippen LogP contribution in [0.25, 0.3) is 0 Å². The Kier molecular flexibility index (Phi) is 7.32. The quantitative estimate of drug-likeness (QED) is 0.720. The fourth-order valence-electron chi connectivity index (χ4n) is 2.93. The molecule has 1 fully saturated rings. The molecule has 1 rings (SSSR count). The third-order valence-electron chi connectivity index (χ3n) is 4.37. The van der Waals surface area contributed by atoms with Crippen LogP contribution in [0.4, 0.5) is 0 Å². The molecule has 2 N–H and O–H groups in total. The van der Waals surface area contributed by atoms with Crippen LogP contribution in [-0.4, -0.2) is 33.3 Å². The molecular weight excluding hydrogens is 260 g/mol. The van der Waals surface area contributed by atoms with E-state index in [1.807, 2.05) is 6.92 Å². The van der Waals surface area contributed by atoms with Crippen molar-refractivity contribution in [2.45, 2.75) is 58.9 Å². The lowest BCUT2D eigenvalue weighted by Crippen LogP contribution is -2.39. The SMILES string of the molecule is CCC(CC)C(C)NS(=O)(=O)CCC1CCNCC1. The Morgan fingerprint density at radius 3 is 2.32 bits per heavy atom. The van der Waals surface area contributed by atoms with Gasteiger partial charge >= 0.3 is 0 Å². The minimum Gasteiger partial charge on any atom is -0.317 e. The van der Waals surface area contributed by atoms with E-state index < -0.39 is 10.0 Å². The predicted octanol–water partition coefficient (Wildman–Crippen LogP) is 2.12. The smallest absolute Gasteiger partial charge is 0.211 e. The van der Waals surface area contributed by atoms with Gasteiger partial charge in [-0.1, -0.05) is 26.7 Å². The minimum atomic E-state index is -3.12. The lowest BCUT2D eigenvalue weighted by molar-refractivity contribution is 0.362. The highest BCUT2D eigenvalue weighted by Gasteiger charge is 2.22. The Morgan fingerprint density at radius 1 is 1.21 bits per heavy atom. The van der Waals surface area contributed by atoms with Gasteiger partial charge in [0.05, 0.1) is 5.75 Å². The molecule has 0 radical (unpaired) electrons. The Labute approximate surface area is 118 Å². The van der Waals surface area contributed by atoms with Gasteiger partial charge in [0, 0.05) is 6.04 Å². The van der Waals surface area contributed by atoms with E-state index in [0.29, 0.717) is 11.8 Å². The number of rotatable bonds is 8. The Morgan fingerprint density at radius 2 is 1.79 bits per heavy atom. The first-order valence-corrected chi connectivity index (χ1v) is 9.34. The molecule has 1 atom stereocenters. The summed E-state index contributed by atoms with van der Waals surface area (Å²) >= 11 is 0. The molecule has 1 unspecified atom stereocenters. The number of sulfonamides is 1. The van der Waals surface area contributed by atoms with E-state index >= 15 is 0 Å². The van der Waals surface area contributed by atoms with Gasteiger partial charge in [0.2, 0.25) is 10.0 Å². The predicted molar refractivity (Wildman–Crippen MR) is 80.7 cm³/mol. The highest BCUT2D eigenvalue weighted by atomic mass is 32.2. The zero-order valence-electron chi connectivity index (χ0n) is 12.6. The zero-order valence-corrected chi connectivity index (χ0v) is 13.4. The van der Waals surface area contributed by atoms with E-state index in [-0.39, 0.29) is 11.8 Å². The lowest BCUT2D eigenvalue weighted by Gasteiger charge is -2.24. The first kappa shape index (κ1) is 16.9. The van der Waals surface area contributed by atoms with Gasteiger partial charge in [0.25, 0.3) is 0 Å². The largest absolute Gasteiger partial charge is 0.317 e. The van der Waals surface area contributed by atoms with Gasteiger partial charge < -0.3 is 5.32 Å². The van der Waals surface area contributed by atoms with Crippen molar-refractivity contribution in [2.75, 3.05) is 18.8 Å². The first-order chi connectivity index (χ1) is 8.98. The molecule has 0 bridgehead atoms. The van der Waals surface area contributed by atoms with Crippen LogP contribution in [0, 0.1) is 11.8 Å². The van der Waals surface area contributed by atoms with Crippen molar-refractivity contribution in [1.29, 1.82) is 0 Å². The van der Waals surface area contributed by atoms with E-state index in [0.717, 1.165) is 45.2 Å². The Hall–Kier alpha value is -0.130. The number of hydrogen-bond acceptors (Lipinski definition) is 3. The first-order valence-electron chi connectivity index (χ1n) is 7.69. The normalized spacial score (nSPS) is 19.8. The van der Waals surface area contributed by atoms with Gasteiger partial charge in [-0.3, -0.25) is 0 Å². The van der Waals surface area contributed by atoms with E-state index in [9.17, 15) is 8.42 Å².